The summed E-state index contributed by atoms with van der Waals surface area (Å²) >= 11 is 3.44. The smallest absolute Gasteiger partial charge is 0.127 e. The van der Waals surface area contributed by atoms with Crippen LogP contribution >= 0.6 is 15.9 Å². The Labute approximate surface area is 121 Å². The first-order valence-electron chi connectivity index (χ1n) is 6.40. The lowest BCUT2D eigenvalue weighted by Gasteiger charge is -2.43. The highest BCUT2D eigenvalue weighted by Crippen LogP contribution is 2.34. The molecule has 0 atom stereocenters. The molecule has 0 saturated carbocycles. The van der Waals surface area contributed by atoms with Gasteiger partial charge in [0, 0.05) is 23.0 Å². The minimum absolute atomic E-state index is 0.0962. The molecule has 0 bridgehead atoms. The summed E-state index contributed by atoms with van der Waals surface area (Å²) in [4.78, 5) is 0. The van der Waals surface area contributed by atoms with Crippen LogP contribution in [0.3, 0.4) is 0 Å². The number of rotatable bonds is 3. The van der Waals surface area contributed by atoms with E-state index in [4.69, 9.17) is 0 Å². The predicted octanol–water partition coefficient (Wildman–Crippen LogP) is 3.67. The second kappa shape index (κ2) is 5.06. The van der Waals surface area contributed by atoms with E-state index in [2.05, 4.69) is 33.4 Å². The van der Waals surface area contributed by atoms with Crippen LogP contribution in [0.1, 0.15) is 11.1 Å². The topological polar surface area (TPSA) is 12.0 Å². The number of benzene rings is 2. The lowest BCUT2D eigenvalue weighted by atomic mass is 9.71. The summed E-state index contributed by atoms with van der Waals surface area (Å²) in [6.07, 6.45) is 0.869. The van der Waals surface area contributed by atoms with Gasteiger partial charge in [-0.3, -0.25) is 0 Å². The summed E-state index contributed by atoms with van der Waals surface area (Å²) in [5.41, 5.74) is 1.98. The lowest BCUT2D eigenvalue weighted by Crippen LogP contribution is -2.58. The van der Waals surface area contributed by atoms with Crippen molar-refractivity contribution in [2.75, 3.05) is 13.1 Å². The van der Waals surface area contributed by atoms with Crippen molar-refractivity contribution in [2.45, 2.75) is 11.8 Å². The third-order valence-electron chi connectivity index (χ3n) is 3.83. The lowest BCUT2D eigenvalue weighted by molar-refractivity contribution is 0.266. The van der Waals surface area contributed by atoms with E-state index >= 15 is 0 Å². The van der Waals surface area contributed by atoms with Gasteiger partial charge in [0.1, 0.15) is 5.82 Å². The van der Waals surface area contributed by atoms with Gasteiger partial charge in [-0.2, -0.15) is 0 Å². The summed E-state index contributed by atoms with van der Waals surface area (Å²) in [5.74, 6) is -0.0962. The summed E-state index contributed by atoms with van der Waals surface area (Å²) in [5, 5.41) is 3.28. The van der Waals surface area contributed by atoms with E-state index < -0.39 is 0 Å². The fourth-order valence-electron chi connectivity index (χ4n) is 2.72. The van der Waals surface area contributed by atoms with Gasteiger partial charge in [-0.05, 0) is 35.7 Å². The van der Waals surface area contributed by atoms with Crippen molar-refractivity contribution >= 4 is 15.9 Å². The molecule has 2 aromatic carbocycles. The van der Waals surface area contributed by atoms with Crippen molar-refractivity contribution in [3.8, 4) is 0 Å². The Morgan fingerprint density at radius 3 is 2.32 bits per heavy atom. The average molecular weight is 320 g/mol. The number of halogens is 2. The normalized spacial score (nSPS) is 16.9. The standard InChI is InChI=1S/C16H15BrFN/c17-13-7-5-12(6-8-13)9-16(10-19-11-16)14-3-1-2-4-15(14)18/h1-8,19H,9-11H2. The number of nitrogens with one attached hydrogen (secondary N) is 1. The third kappa shape index (κ3) is 2.45. The molecule has 0 amide bonds. The first-order valence-corrected chi connectivity index (χ1v) is 7.19. The average Bonchev–Trinajstić information content (AvgIpc) is 2.37. The van der Waals surface area contributed by atoms with Crippen molar-refractivity contribution in [1.82, 2.24) is 5.32 Å². The molecule has 0 spiro atoms. The van der Waals surface area contributed by atoms with Crippen LogP contribution in [0.2, 0.25) is 0 Å². The molecular weight excluding hydrogens is 305 g/mol. The highest BCUT2D eigenvalue weighted by atomic mass is 79.9. The van der Waals surface area contributed by atoms with Crippen LogP contribution in [0.4, 0.5) is 4.39 Å². The SMILES string of the molecule is Fc1ccccc1C1(Cc2ccc(Br)cc2)CNC1. The molecule has 1 heterocycles. The monoisotopic (exact) mass is 319 g/mol. The molecule has 1 fully saturated rings. The van der Waals surface area contributed by atoms with E-state index in [1.54, 1.807) is 12.1 Å². The van der Waals surface area contributed by atoms with E-state index in [1.807, 2.05) is 24.3 Å². The molecule has 1 saturated heterocycles. The summed E-state index contributed by atoms with van der Waals surface area (Å²) in [7, 11) is 0. The van der Waals surface area contributed by atoms with Crippen molar-refractivity contribution in [3.63, 3.8) is 0 Å². The van der Waals surface area contributed by atoms with Crippen molar-refractivity contribution in [3.05, 3.63) is 69.9 Å². The summed E-state index contributed by atoms with van der Waals surface area (Å²) < 4.78 is 15.1. The van der Waals surface area contributed by atoms with E-state index in [0.29, 0.717) is 0 Å². The first kappa shape index (κ1) is 12.8. The molecular formula is C16H15BrFN. The van der Waals surface area contributed by atoms with Gasteiger partial charge < -0.3 is 5.32 Å². The Balaban J connectivity index is 1.92. The van der Waals surface area contributed by atoms with E-state index in [1.165, 1.54) is 5.56 Å². The van der Waals surface area contributed by atoms with Gasteiger partial charge in [-0.25, -0.2) is 4.39 Å². The van der Waals surface area contributed by atoms with Gasteiger partial charge in [-0.1, -0.05) is 46.3 Å². The largest absolute Gasteiger partial charge is 0.315 e. The van der Waals surface area contributed by atoms with E-state index in [-0.39, 0.29) is 11.2 Å². The van der Waals surface area contributed by atoms with Crippen LogP contribution in [-0.4, -0.2) is 13.1 Å². The molecule has 1 N–H and O–H groups in total. The Morgan fingerprint density at radius 1 is 1.05 bits per heavy atom. The molecule has 1 aliphatic rings. The molecule has 0 radical (unpaired) electrons. The van der Waals surface area contributed by atoms with Crippen molar-refractivity contribution in [1.29, 1.82) is 0 Å². The van der Waals surface area contributed by atoms with Crippen molar-refractivity contribution < 1.29 is 4.39 Å². The highest BCUT2D eigenvalue weighted by Gasteiger charge is 2.40. The van der Waals surface area contributed by atoms with Gasteiger partial charge in [0.2, 0.25) is 0 Å². The Morgan fingerprint density at radius 2 is 1.74 bits per heavy atom. The van der Waals surface area contributed by atoms with Gasteiger partial charge in [-0.15, -0.1) is 0 Å². The molecule has 0 aliphatic carbocycles. The maximum absolute atomic E-state index is 14.0. The van der Waals surface area contributed by atoms with Gasteiger partial charge in [0.25, 0.3) is 0 Å². The quantitative estimate of drug-likeness (QED) is 0.910. The predicted molar refractivity (Wildman–Crippen MR) is 78.8 cm³/mol. The van der Waals surface area contributed by atoms with Gasteiger partial charge in [0.15, 0.2) is 0 Å². The summed E-state index contributed by atoms with van der Waals surface area (Å²) in [6.45, 7) is 1.67. The van der Waals surface area contributed by atoms with E-state index in [0.717, 1.165) is 29.5 Å². The van der Waals surface area contributed by atoms with Crippen LogP contribution in [0, 0.1) is 5.82 Å². The maximum Gasteiger partial charge on any atom is 0.127 e. The fourth-order valence-corrected chi connectivity index (χ4v) is 2.99. The van der Waals surface area contributed by atoms with Crippen LogP contribution < -0.4 is 5.32 Å². The van der Waals surface area contributed by atoms with Crippen LogP contribution in [-0.2, 0) is 11.8 Å². The Bertz CT molecular complexity index is 576. The minimum atomic E-state index is -0.0980. The summed E-state index contributed by atoms with van der Waals surface area (Å²) in [6, 6.07) is 15.4. The number of hydrogen-bond acceptors (Lipinski definition) is 1. The van der Waals surface area contributed by atoms with Gasteiger partial charge in [0.05, 0.1) is 0 Å². The zero-order valence-corrected chi connectivity index (χ0v) is 12.1. The zero-order chi connectivity index (χ0) is 13.3. The number of hydrogen-bond donors (Lipinski definition) is 1. The van der Waals surface area contributed by atoms with Crippen LogP contribution in [0.5, 0.6) is 0 Å². The molecule has 0 unspecified atom stereocenters. The molecule has 3 rings (SSSR count). The zero-order valence-electron chi connectivity index (χ0n) is 10.5. The van der Waals surface area contributed by atoms with Crippen molar-refractivity contribution in [2.24, 2.45) is 0 Å². The molecule has 0 aromatic heterocycles. The third-order valence-corrected chi connectivity index (χ3v) is 4.36. The highest BCUT2D eigenvalue weighted by molar-refractivity contribution is 9.10. The maximum atomic E-state index is 14.0. The molecule has 3 heteroatoms. The Kier molecular flexibility index (Phi) is 3.42. The van der Waals surface area contributed by atoms with Crippen LogP contribution in [0.25, 0.3) is 0 Å². The second-order valence-corrected chi connectivity index (χ2v) is 6.08. The second-order valence-electron chi connectivity index (χ2n) is 5.17. The molecule has 19 heavy (non-hydrogen) atoms. The molecule has 1 aliphatic heterocycles. The fraction of sp³-hybridized carbons (Fsp3) is 0.250. The Hall–Kier alpha value is -1.19. The molecule has 98 valence electrons. The first-order chi connectivity index (χ1) is 9.20. The minimum Gasteiger partial charge on any atom is -0.315 e. The van der Waals surface area contributed by atoms with Crippen LogP contribution in [0.15, 0.2) is 53.0 Å². The van der Waals surface area contributed by atoms with Gasteiger partial charge >= 0.3 is 0 Å². The molecule has 2 aromatic rings. The molecule has 1 nitrogen and oxygen atoms in total. The van der Waals surface area contributed by atoms with E-state index in [9.17, 15) is 4.39 Å².